The van der Waals surface area contributed by atoms with Crippen molar-refractivity contribution in [3.8, 4) is 5.75 Å². The fourth-order valence-corrected chi connectivity index (χ4v) is 4.98. The van der Waals surface area contributed by atoms with Crippen molar-refractivity contribution in [2.24, 2.45) is 0 Å². The molecule has 3 aromatic rings. The van der Waals surface area contributed by atoms with Crippen LogP contribution >= 0.6 is 0 Å². The van der Waals surface area contributed by atoms with E-state index in [1.807, 2.05) is 47.4 Å². The van der Waals surface area contributed by atoms with Crippen molar-refractivity contribution in [2.45, 2.75) is 17.7 Å². The van der Waals surface area contributed by atoms with Crippen molar-refractivity contribution < 1.29 is 13.2 Å². The van der Waals surface area contributed by atoms with Crippen molar-refractivity contribution in [1.82, 2.24) is 4.98 Å². The van der Waals surface area contributed by atoms with Crippen LogP contribution in [-0.4, -0.2) is 34.1 Å². The number of nitrogens with zero attached hydrogens (tertiary/aromatic N) is 3. The molecule has 150 valence electrons. The minimum atomic E-state index is -3.68. The van der Waals surface area contributed by atoms with Gasteiger partial charge in [-0.25, -0.2) is 13.4 Å². The molecule has 0 unspecified atom stereocenters. The van der Waals surface area contributed by atoms with Crippen molar-refractivity contribution in [3.05, 3.63) is 72.4 Å². The van der Waals surface area contributed by atoms with Gasteiger partial charge in [-0.15, -0.1) is 0 Å². The second-order valence-corrected chi connectivity index (χ2v) is 8.83. The molecule has 0 radical (unpaired) electrons. The van der Waals surface area contributed by atoms with Crippen molar-refractivity contribution in [3.63, 3.8) is 0 Å². The summed E-state index contributed by atoms with van der Waals surface area (Å²) in [7, 11) is -0.430. The van der Waals surface area contributed by atoms with Crippen LogP contribution in [0.15, 0.2) is 71.8 Å². The van der Waals surface area contributed by atoms with Gasteiger partial charge in [0, 0.05) is 19.8 Å². The quantitative estimate of drug-likeness (QED) is 0.637. The molecule has 0 spiro atoms. The number of sulfonamides is 1. The predicted molar refractivity (Wildman–Crippen MR) is 115 cm³/mol. The lowest BCUT2D eigenvalue weighted by atomic mass is 10.1. The maximum Gasteiger partial charge on any atom is 0.267 e. The lowest BCUT2D eigenvalue weighted by Gasteiger charge is -2.25. The van der Waals surface area contributed by atoms with Gasteiger partial charge in [-0.3, -0.25) is 4.31 Å². The summed E-state index contributed by atoms with van der Waals surface area (Å²) >= 11 is 0. The van der Waals surface area contributed by atoms with E-state index in [1.54, 1.807) is 32.5 Å². The lowest BCUT2D eigenvalue weighted by molar-refractivity contribution is 0.414. The van der Waals surface area contributed by atoms with E-state index in [0.717, 1.165) is 24.3 Å². The van der Waals surface area contributed by atoms with Crippen LogP contribution in [0.2, 0.25) is 0 Å². The average Bonchev–Trinajstić information content (AvgIpc) is 2.82. The monoisotopic (exact) mass is 409 g/mol. The number of methoxy groups -OCH3 is 1. The highest BCUT2D eigenvalue weighted by Gasteiger charge is 2.33. The van der Waals surface area contributed by atoms with Gasteiger partial charge < -0.3 is 9.64 Å². The highest BCUT2D eigenvalue weighted by molar-refractivity contribution is 7.93. The van der Waals surface area contributed by atoms with Crippen LogP contribution in [-0.2, 0) is 16.4 Å². The van der Waals surface area contributed by atoms with E-state index in [-0.39, 0.29) is 4.90 Å². The molecule has 1 aliphatic heterocycles. The smallest absolute Gasteiger partial charge is 0.267 e. The summed E-state index contributed by atoms with van der Waals surface area (Å²) in [6, 6.07) is 18.8. The third-order valence-corrected chi connectivity index (χ3v) is 6.93. The Morgan fingerprint density at radius 3 is 2.59 bits per heavy atom. The highest BCUT2D eigenvalue weighted by Crippen LogP contribution is 2.42. The molecule has 0 bridgehead atoms. The molecule has 2 heterocycles. The summed E-state index contributed by atoms with van der Waals surface area (Å²) in [6.45, 7) is 0.640. The van der Waals surface area contributed by atoms with E-state index in [9.17, 15) is 8.42 Å². The molecule has 0 aliphatic carbocycles. The minimum Gasteiger partial charge on any atom is -0.497 e. The molecule has 0 atom stereocenters. The molecule has 6 nitrogen and oxygen atoms in total. The number of hydrogen-bond donors (Lipinski definition) is 0. The number of pyridine rings is 1. The van der Waals surface area contributed by atoms with E-state index in [4.69, 9.17) is 4.74 Å². The van der Waals surface area contributed by atoms with Gasteiger partial charge in [0.2, 0.25) is 0 Å². The zero-order valence-corrected chi connectivity index (χ0v) is 17.3. The largest absolute Gasteiger partial charge is 0.497 e. The SMILES string of the molecule is COc1cccc(CCCN2c3ccccc3N(C)S(=O)(=O)c3cccnc32)c1. The van der Waals surface area contributed by atoms with E-state index in [1.165, 1.54) is 9.87 Å². The van der Waals surface area contributed by atoms with Gasteiger partial charge >= 0.3 is 0 Å². The van der Waals surface area contributed by atoms with Crippen LogP contribution < -0.4 is 13.9 Å². The van der Waals surface area contributed by atoms with E-state index >= 15 is 0 Å². The van der Waals surface area contributed by atoms with Gasteiger partial charge in [-0.05, 0) is 54.8 Å². The van der Waals surface area contributed by atoms with E-state index in [0.29, 0.717) is 18.1 Å². The molecule has 2 aromatic carbocycles. The Labute approximate surface area is 171 Å². The maximum atomic E-state index is 13.1. The molecule has 0 saturated heterocycles. The topological polar surface area (TPSA) is 62.7 Å². The zero-order valence-electron chi connectivity index (χ0n) is 16.4. The second kappa shape index (κ2) is 7.75. The van der Waals surface area contributed by atoms with E-state index in [2.05, 4.69) is 11.1 Å². The standard InChI is InChI=1S/C22H23N3O3S/c1-24-19-11-3-4-12-20(19)25(22-21(29(24,26)27)13-6-14-23-22)15-7-9-17-8-5-10-18(16-17)28-2/h3-6,8,10-14,16H,7,9,15H2,1-2H3. The Bertz CT molecular complexity index is 1130. The number of ether oxygens (including phenoxy) is 1. The van der Waals surface area contributed by atoms with Crippen LogP contribution in [0.3, 0.4) is 0 Å². The molecule has 0 saturated carbocycles. The van der Waals surface area contributed by atoms with Gasteiger partial charge in [-0.1, -0.05) is 24.3 Å². The summed E-state index contributed by atoms with van der Waals surface area (Å²) in [5, 5.41) is 0. The van der Waals surface area contributed by atoms with Crippen LogP contribution in [0.25, 0.3) is 0 Å². The van der Waals surface area contributed by atoms with Gasteiger partial charge in [0.25, 0.3) is 10.0 Å². The molecule has 29 heavy (non-hydrogen) atoms. The number of aryl methyl sites for hydroxylation is 1. The molecule has 0 N–H and O–H groups in total. The summed E-state index contributed by atoms with van der Waals surface area (Å²) in [4.78, 5) is 6.67. The van der Waals surface area contributed by atoms with Crippen molar-refractivity contribution in [2.75, 3.05) is 29.9 Å². The van der Waals surface area contributed by atoms with Crippen molar-refractivity contribution in [1.29, 1.82) is 0 Å². The number of anilines is 3. The van der Waals surface area contributed by atoms with Crippen molar-refractivity contribution >= 4 is 27.2 Å². The average molecular weight is 410 g/mol. The number of hydrogen-bond acceptors (Lipinski definition) is 5. The maximum absolute atomic E-state index is 13.1. The molecule has 0 amide bonds. The summed E-state index contributed by atoms with van der Waals surface area (Å²) < 4.78 is 32.9. The van der Waals surface area contributed by atoms with Crippen LogP contribution in [0.5, 0.6) is 5.75 Å². The van der Waals surface area contributed by atoms with Gasteiger partial charge in [0.05, 0.1) is 18.5 Å². The molecular formula is C22H23N3O3S. The number of aromatic nitrogens is 1. The van der Waals surface area contributed by atoms with E-state index < -0.39 is 10.0 Å². The molecular weight excluding hydrogens is 386 g/mol. The zero-order chi connectivity index (χ0) is 20.4. The fraction of sp³-hybridized carbons (Fsp3) is 0.227. The Kier molecular flexibility index (Phi) is 5.15. The normalized spacial score (nSPS) is 14.7. The summed E-state index contributed by atoms with van der Waals surface area (Å²) in [5.74, 6) is 1.30. The van der Waals surface area contributed by atoms with Gasteiger partial charge in [0.1, 0.15) is 10.6 Å². The molecule has 7 heteroatoms. The van der Waals surface area contributed by atoms with Gasteiger partial charge in [-0.2, -0.15) is 0 Å². The molecule has 1 aliphatic rings. The Hall–Kier alpha value is -3.06. The summed E-state index contributed by atoms with van der Waals surface area (Å²) in [6.07, 6.45) is 3.32. The third-order valence-electron chi connectivity index (χ3n) is 5.14. The molecule has 4 rings (SSSR count). The Morgan fingerprint density at radius 2 is 1.79 bits per heavy atom. The van der Waals surface area contributed by atoms with Crippen LogP contribution in [0, 0.1) is 0 Å². The first kappa shape index (κ1) is 19.3. The number of fused-ring (bicyclic) bond motifs is 2. The molecule has 1 aromatic heterocycles. The van der Waals surface area contributed by atoms with Crippen LogP contribution in [0.1, 0.15) is 12.0 Å². The highest BCUT2D eigenvalue weighted by atomic mass is 32.2. The third kappa shape index (κ3) is 3.53. The first-order valence-electron chi connectivity index (χ1n) is 9.46. The first-order chi connectivity index (χ1) is 14.0. The second-order valence-electron chi connectivity index (χ2n) is 6.89. The number of benzene rings is 2. The number of rotatable bonds is 5. The molecule has 0 fully saturated rings. The predicted octanol–water partition coefficient (Wildman–Crippen LogP) is 4.00. The summed E-state index contributed by atoms with van der Waals surface area (Å²) in [5.41, 5.74) is 2.66. The lowest BCUT2D eigenvalue weighted by Crippen LogP contribution is -2.25. The first-order valence-corrected chi connectivity index (χ1v) is 10.9. The van der Waals surface area contributed by atoms with Crippen LogP contribution in [0.4, 0.5) is 17.2 Å². The minimum absolute atomic E-state index is 0.222. The fourth-order valence-electron chi connectivity index (χ4n) is 3.63. The Morgan fingerprint density at radius 1 is 1.00 bits per heavy atom. The Balaban J connectivity index is 1.69. The number of para-hydroxylation sites is 2. The van der Waals surface area contributed by atoms with Gasteiger partial charge in [0.15, 0.2) is 5.82 Å².